The van der Waals surface area contributed by atoms with Gasteiger partial charge in [-0.05, 0) is 38.1 Å². The summed E-state index contributed by atoms with van der Waals surface area (Å²) in [5, 5.41) is 0. The van der Waals surface area contributed by atoms with Crippen LogP contribution in [0.15, 0.2) is 0 Å². The maximum Gasteiger partial charge on any atom is 0.223 e. The minimum absolute atomic E-state index is 0.342. The molecule has 2 aliphatic heterocycles. The first kappa shape index (κ1) is 13.4. The van der Waals surface area contributed by atoms with E-state index in [-0.39, 0.29) is 0 Å². The van der Waals surface area contributed by atoms with Crippen molar-refractivity contribution in [2.24, 2.45) is 11.7 Å². The average Bonchev–Trinajstić information content (AvgIpc) is 3.08. The fraction of sp³-hybridized carbons (Fsp3) is 0.933. The third kappa shape index (κ3) is 2.79. The fourth-order valence-corrected chi connectivity index (χ4v) is 4.15. The number of carbonyl (C=O) groups excluding carboxylic acids is 1. The van der Waals surface area contributed by atoms with E-state index in [1.165, 1.54) is 51.6 Å². The highest BCUT2D eigenvalue weighted by molar-refractivity contribution is 5.79. The normalized spacial score (nSPS) is 31.5. The number of amides is 1. The number of carbonyl (C=O) groups is 1. The SMILES string of the molecule is NCC1CC(=O)N(C2CCN(C3CCCC3)CC2)C1. The number of nitrogens with zero attached hydrogens (tertiary/aromatic N) is 2. The molecule has 0 spiro atoms. The van der Waals surface area contributed by atoms with Gasteiger partial charge in [0.25, 0.3) is 0 Å². The molecule has 3 aliphatic rings. The molecule has 4 heteroatoms. The van der Waals surface area contributed by atoms with Gasteiger partial charge in [0.2, 0.25) is 5.91 Å². The van der Waals surface area contributed by atoms with Crippen LogP contribution < -0.4 is 5.73 Å². The largest absolute Gasteiger partial charge is 0.339 e. The first-order chi connectivity index (χ1) is 9.28. The second-order valence-electron chi connectivity index (χ2n) is 6.56. The van der Waals surface area contributed by atoms with Crippen LogP contribution in [0.3, 0.4) is 0 Å². The molecule has 1 aliphatic carbocycles. The van der Waals surface area contributed by atoms with E-state index < -0.39 is 0 Å². The number of nitrogens with two attached hydrogens (primary N) is 1. The van der Waals surface area contributed by atoms with Gasteiger partial charge in [-0.2, -0.15) is 0 Å². The molecule has 4 nitrogen and oxygen atoms in total. The van der Waals surface area contributed by atoms with Crippen molar-refractivity contribution in [1.82, 2.24) is 9.80 Å². The van der Waals surface area contributed by atoms with Crippen molar-refractivity contribution in [3.8, 4) is 0 Å². The van der Waals surface area contributed by atoms with Crippen molar-refractivity contribution in [3.05, 3.63) is 0 Å². The van der Waals surface area contributed by atoms with E-state index >= 15 is 0 Å². The van der Waals surface area contributed by atoms with Crippen molar-refractivity contribution >= 4 is 5.91 Å². The number of likely N-dealkylation sites (tertiary alicyclic amines) is 2. The molecule has 2 N–H and O–H groups in total. The summed E-state index contributed by atoms with van der Waals surface area (Å²) in [5.41, 5.74) is 5.71. The van der Waals surface area contributed by atoms with Crippen LogP contribution in [-0.4, -0.2) is 54.0 Å². The predicted molar refractivity (Wildman–Crippen MR) is 75.7 cm³/mol. The topological polar surface area (TPSA) is 49.6 Å². The molecule has 3 fully saturated rings. The van der Waals surface area contributed by atoms with Gasteiger partial charge in [0.15, 0.2) is 0 Å². The van der Waals surface area contributed by atoms with Gasteiger partial charge in [-0.1, -0.05) is 12.8 Å². The van der Waals surface area contributed by atoms with Crippen molar-refractivity contribution in [2.45, 2.75) is 57.0 Å². The van der Waals surface area contributed by atoms with Crippen molar-refractivity contribution in [3.63, 3.8) is 0 Å². The van der Waals surface area contributed by atoms with Crippen molar-refractivity contribution in [2.75, 3.05) is 26.2 Å². The Bertz CT molecular complexity index is 319. The second-order valence-corrected chi connectivity index (χ2v) is 6.56. The van der Waals surface area contributed by atoms with Crippen molar-refractivity contribution < 1.29 is 4.79 Å². The van der Waals surface area contributed by atoms with Crippen LogP contribution in [0.2, 0.25) is 0 Å². The summed E-state index contributed by atoms with van der Waals surface area (Å²) < 4.78 is 0. The number of hydrogen-bond donors (Lipinski definition) is 1. The zero-order chi connectivity index (χ0) is 13.2. The Morgan fingerprint density at radius 3 is 2.32 bits per heavy atom. The van der Waals surface area contributed by atoms with E-state index in [0.29, 0.717) is 30.8 Å². The molecule has 1 atom stereocenters. The van der Waals surface area contributed by atoms with Gasteiger partial charge in [-0.3, -0.25) is 4.79 Å². The second kappa shape index (κ2) is 5.80. The van der Waals surface area contributed by atoms with Crippen LogP contribution >= 0.6 is 0 Å². The molecule has 0 aromatic heterocycles. The molecule has 1 saturated carbocycles. The highest BCUT2D eigenvalue weighted by atomic mass is 16.2. The molecule has 19 heavy (non-hydrogen) atoms. The lowest BCUT2D eigenvalue weighted by Gasteiger charge is -2.39. The Morgan fingerprint density at radius 2 is 1.74 bits per heavy atom. The standard InChI is InChI=1S/C15H27N3O/c16-10-12-9-15(19)18(11-12)14-5-7-17(8-6-14)13-3-1-2-4-13/h12-14H,1-11,16H2. The molecule has 0 aromatic rings. The molecule has 2 heterocycles. The molecule has 1 unspecified atom stereocenters. The lowest BCUT2D eigenvalue weighted by Crippen LogP contribution is -2.48. The highest BCUT2D eigenvalue weighted by Gasteiger charge is 2.36. The van der Waals surface area contributed by atoms with Crippen LogP contribution in [0.1, 0.15) is 44.9 Å². The first-order valence-electron chi connectivity index (χ1n) is 8.01. The van der Waals surface area contributed by atoms with E-state index in [1.807, 2.05) is 0 Å². The lowest BCUT2D eigenvalue weighted by molar-refractivity contribution is -0.130. The van der Waals surface area contributed by atoms with E-state index in [9.17, 15) is 4.79 Å². The average molecular weight is 265 g/mol. The number of piperidine rings is 1. The molecule has 0 bridgehead atoms. The maximum atomic E-state index is 12.0. The molecular formula is C15H27N3O. The zero-order valence-corrected chi connectivity index (χ0v) is 11.9. The lowest BCUT2D eigenvalue weighted by atomic mass is 10.0. The summed E-state index contributed by atoms with van der Waals surface area (Å²) in [6, 6.07) is 1.33. The minimum atomic E-state index is 0.342. The summed E-state index contributed by atoms with van der Waals surface area (Å²) in [6.07, 6.45) is 8.62. The van der Waals surface area contributed by atoms with Gasteiger partial charge in [0.1, 0.15) is 0 Å². The van der Waals surface area contributed by atoms with Crippen LogP contribution in [0, 0.1) is 5.92 Å². The first-order valence-corrected chi connectivity index (χ1v) is 8.01. The molecular weight excluding hydrogens is 238 g/mol. The summed E-state index contributed by atoms with van der Waals surface area (Å²) in [7, 11) is 0. The third-order valence-electron chi connectivity index (χ3n) is 5.35. The summed E-state index contributed by atoms with van der Waals surface area (Å²) in [4.78, 5) is 16.8. The van der Waals surface area contributed by atoms with Crippen LogP contribution in [0.25, 0.3) is 0 Å². The van der Waals surface area contributed by atoms with Gasteiger partial charge in [-0.25, -0.2) is 0 Å². The zero-order valence-electron chi connectivity index (χ0n) is 11.9. The predicted octanol–water partition coefficient (Wildman–Crippen LogP) is 1.20. The smallest absolute Gasteiger partial charge is 0.223 e. The Labute approximate surface area is 116 Å². The molecule has 0 radical (unpaired) electrons. The molecule has 2 saturated heterocycles. The Hall–Kier alpha value is -0.610. The monoisotopic (exact) mass is 265 g/mol. The summed E-state index contributed by atoms with van der Waals surface area (Å²) in [5.74, 6) is 0.745. The molecule has 108 valence electrons. The quantitative estimate of drug-likeness (QED) is 0.834. The van der Waals surface area contributed by atoms with Crippen LogP contribution in [0.5, 0.6) is 0 Å². The Kier molecular flexibility index (Phi) is 4.08. The van der Waals surface area contributed by atoms with Crippen LogP contribution in [0.4, 0.5) is 0 Å². The third-order valence-corrected chi connectivity index (χ3v) is 5.35. The fourth-order valence-electron chi connectivity index (χ4n) is 4.15. The Morgan fingerprint density at radius 1 is 1.05 bits per heavy atom. The van der Waals surface area contributed by atoms with E-state index in [4.69, 9.17) is 5.73 Å². The van der Waals surface area contributed by atoms with Gasteiger partial charge >= 0.3 is 0 Å². The van der Waals surface area contributed by atoms with Crippen LogP contribution in [-0.2, 0) is 4.79 Å². The minimum Gasteiger partial charge on any atom is -0.339 e. The maximum absolute atomic E-state index is 12.0. The van der Waals surface area contributed by atoms with Crippen molar-refractivity contribution in [1.29, 1.82) is 0 Å². The van der Waals surface area contributed by atoms with E-state index in [1.54, 1.807) is 0 Å². The van der Waals surface area contributed by atoms with Gasteiger partial charge < -0.3 is 15.5 Å². The molecule has 3 rings (SSSR count). The molecule has 1 amide bonds. The molecule has 0 aromatic carbocycles. The van der Waals surface area contributed by atoms with E-state index in [2.05, 4.69) is 9.80 Å². The van der Waals surface area contributed by atoms with Gasteiger partial charge in [-0.15, -0.1) is 0 Å². The summed E-state index contributed by atoms with van der Waals surface area (Å²) >= 11 is 0. The van der Waals surface area contributed by atoms with Gasteiger partial charge in [0.05, 0.1) is 0 Å². The Balaban J connectivity index is 1.51. The number of hydrogen-bond acceptors (Lipinski definition) is 3. The van der Waals surface area contributed by atoms with E-state index in [0.717, 1.165) is 12.6 Å². The number of rotatable bonds is 3. The van der Waals surface area contributed by atoms with Gasteiger partial charge in [0, 0.05) is 38.1 Å². The summed E-state index contributed by atoms with van der Waals surface area (Å²) in [6.45, 7) is 3.94. The highest BCUT2D eigenvalue weighted by Crippen LogP contribution is 2.29.